The molecule has 0 atom stereocenters. The van der Waals surface area contributed by atoms with Crippen molar-refractivity contribution in [3.05, 3.63) is 34.9 Å². The average Bonchev–Trinajstić information content (AvgIpc) is 2.37. The molecule has 18 heavy (non-hydrogen) atoms. The predicted octanol–water partition coefficient (Wildman–Crippen LogP) is 1.88. The average molecular weight is 265 g/mol. The number of aromatic nitrogens is 4. The number of anilines is 2. The zero-order valence-electron chi connectivity index (χ0n) is 10.1. The van der Waals surface area contributed by atoms with E-state index in [1.165, 1.54) is 0 Å². The maximum absolute atomic E-state index is 5.78. The van der Waals surface area contributed by atoms with E-state index in [1.807, 2.05) is 25.3 Å². The van der Waals surface area contributed by atoms with Gasteiger partial charge < -0.3 is 10.6 Å². The summed E-state index contributed by atoms with van der Waals surface area (Å²) in [5, 5.41) is 6.04. The van der Waals surface area contributed by atoms with Crippen LogP contribution in [-0.4, -0.2) is 27.0 Å². The number of halogens is 1. The number of rotatable bonds is 4. The summed E-state index contributed by atoms with van der Waals surface area (Å²) < 4.78 is 0. The lowest BCUT2D eigenvalue weighted by Gasteiger charge is -2.06. The van der Waals surface area contributed by atoms with Crippen LogP contribution in [0, 0.1) is 6.92 Å². The van der Waals surface area contributed by atoms with Crippen LogP contribution in [0.25, 0.3) is 0 Å². The zero-order valence-corrected chi connectivity index (χ0v) is 10.9. The van der Waals surface area contributed by atoms with Crippen LogP contribution in [0.15, 0.2) is 18.3 Å². The van der Waals surface area contributed by atoms with Crippen molar-refractivity contribution in [1.82, 2.24) is 19.9 Å². The Morgan fingerprint density at radius 1 is 1.17 bits per heavy atom. The molecule has 2 aromatic rings. The van der Waals surface area contributed by atoms with Crippen molar-refractivity contribution in [3.8, 4) is 0 Å². The third-order valence-corrected chi connectivity index (χ3v) is 2.42. The van der Waals surface area contributed by atoms with E-state index < -0.39 is 0 Å². The van der Waals surface area contributed by atoms with Gasteiger partial charge in [0.05, 0.1) is 0 Å². The van der Waals surface area contributed by atoms with Gasteiger partial charge in [0.25, 0.3) is 0 Å². The molecule has 0 fully saturated rings. The molecule has 0 aliphatic heterocycles. The molecule has 0 saturated heterocycles. The van der Waals surface area contributed by atoms with Crippen LogP contribution in [0.4, 0.5) is 11.9 Å². The molecular formula is C11H13ClN6. The summed E-state index contributed by atoms with van der Waals surface area (Å²) >= 11 is 5.78. The van der Waals surface area contributed by atoms with Crippen molar-refractivity contribution < 1.29 is 0 Å². The minimum Gasteiger partial charge on any atom is -0.357 e. The van der Waals surface area contributed by atoms with Gasteiger partial charge in [0.2, 0.25) is 17.2 Å². The van der Waals surface area contributed by atoms with Gasteiger partial charge in [-0.25, -0.2) is 0 Å². The highest BCUT2D eigenvalue weighted by atomic mass is 35.5. The first-order valence-corrected chi connectivity index (χ1v) is 5.80. The second kappa shape index (κ2) is 5.59. The topological polar surface area (TPSA) is 75.6 Å². The summed E-state index contributed by atoms with van der Waals surface area (Å²) in [4.78, 5) is 16.2. The summed E-state index contributed by atoms with van der Waals surface area (Å²) in [5.41, 5.74) is 2.03. The van der Waals surface area contributed by atoms with Crippen LogP contribution in [-0.2, 0) is 6.54 Å². The SMILES string of the molecule is CNc1nc(Cl)nc(NCc2ccc(C)nc2)n1. The third kappa shape index (κ3) is 3.27. The molecule has 2 aromatic heterocycles. The number of aryl methyl sites for hydroxylation is 1. The first-order valence-electron chi connectivity index (χ1n) is 5.42. The molecule has 0 aromatic carbocycles. The molecule has 6 nitrogen and oxygen atoms in total. The largest absolute Gasteiger partial charge is 0.357 e. The summed E-state index contributed by atoms with van der Waals surface area (Å²) in [5.74, 6) is 0.861. The monoisotopic (exact) mass is 264 g/mol. The first kappa shape index (κ1) is 12.5. The van der Waals surface area contributed by atoms with Gasteiger partial charge in [-0.3, -0.25) is 4.98 Å². The fourth-order valence-electron chi connectivity index (χ4n) is 1.33. The van der Waals surface area contributed by atoms with Crippen molar-refractivity contribution in [2.45, 2.75) is 13.5 Å². The molecule has 7 heteroatoms. The Morgan fingerprint density at radius 2 is 1.94 bits per heavy atom. The molecule has 0 saturated carbocycles. The lowest BCUT2D eigenvalue weighted by atomic mass is 10.2. The Balaban J connectivity index is 2.05. The van der Waals surface area contributed by atoms with Crippen LogP contribution in [0.2, 0.25) is 5.28 Å². The van der Waals surface area contributed by atoms with E-state index in [4.69, 9.17) is 11.6 Å². The van der Waals surface area contributed by atoms with Gasteiger partial charge in [0, 0.05) is 25.5 Å². The summed E-state index contributed by atoms with van der Waals surface area (Å²) in [7, 11) is 1.72. The van der Waals surface area contributed by atoms with Gasteiger partial charge in [0.15, 0.2) is 0 Å². The Hall–Kier alpha value is -1.95. The molecule has 0 radical (unpaired) electrons. The van der Waals surface area contributed by atoms with Crippen LogP contribution in [0.5, 0.6) is 0 Å². The fourth-order valence-corrected chi connectivity index (χ4v) is 1.49. The molecular weight excluding hydrogens is 252 g/mol. The van der Waals surface area contributed by atoms with Gasteiger partial charge >= 0.3 is 0 Å². The number of hydrogen-bond donors (Lipinski definition) is 2. The number of pyridine rings is 1. The van der Waals surface area contributed by atoms with Crippen LogP contribution in [0.3, 0.4) is 0 Å². The Labute approximate surface area is 110 Å². The Bertz CT molecular complexity index is 528. The van der Waals surface area contributed by atoms with E-state index >= 15 is 0 Å². The normalized spacial score (nSPS) is 10.2. The highest BCUT2D eigenvalue weighted by molar-refractivity contribution is 6.28. The van der Waals surface area contributed by atoms with Crippen LogP contribution < -0.4 is 10.6 Å². The quantitative estimate of drug-likeness (QED) is 0.878. The van der Waals surface area contributed by atoms with Crippen molar-refractivity contribution in [1.29, 1.82) is 0 Å². The molecule has 0 amide bonds. The summed E-state index contributed by atoms with van der Waals surface area (Å²) in [6.07, 6.45) is 1.81. The van der Waals surface area contributed by atoms with E-state index in [-0.39, 0.29) is 5.28 Å². The van der Waals surface area contributed by atoms with Crippen molar-refractivity contribution in [2.75, 3.05) is 17.7 Å². The zero-order chi connectivity index (χ0) is 13.0. The molecule has 0 unspecified atom stereocenters. The minimum absolute atomic E-state index is 0.152. The molecule has 2 heterocycles. The van der Waals surface area contributed by atoms with E-state index in [2.05, 4.69) is 30.6 Å². The third-order valence-electron chi connectivity index (χ3n) is 2.25. The van der Waals surface area contributed by atoms with Gasteiger partial charge in [-0.1, -0.05) is 6.07 Å². The van der Waals surface area contributed by atoms with E-state index in [1.54, 1.807) is 7.05 Å². The maximum Gasteiger partial charge on any atom is 0.229 e. The highest BCUT2D eigenvalue weighted by Gasteiger charge is 2.03. The van der Waals surface area contributed by atoms with Gasteiger partial charge in [-0.15, -0.1) is 0 Å². The van der Waals surface area contributed by atoms with Crippen molar-refractivity contribution in [3.63, 3.8) is 0 Å². The number of hydrogen-bond acceptors (Lipinski definition) is 6. The maximum atomic E-state index is 5.78. The standard InChI is InChI=1S/C11H13ClN6/c1-7-3-4-8(5-14-7)6-15-11-17-9(12)16-10(13-2)18-11/h3-5H,6H2,1-2H3,(H2,13,15,16,17,18). The predicted molar refractivity (Wildman–Crippen MR) is 70.7 cm³/mol. The van der Waals surface area contributed by atoms with Gasteiger partial charge in [0.1, 0.15) is 0 Å². The molecule has 0 bridgehead atoms. The van der Waals surface area contributed by atoms with Crippen LogP contribution in [0.1, 0.15) is 11.3 Å². The molecule has 94 valence electrons. The molecule has 2 N–H and O–H groups in total. The van der Waals surface area contributed by atoms with Crippen molar-refractivity contribution >= 4 is 23.5 Å². The Kier molecular flexibility index (Phi) is 3.88. The highest BCUT2D eigenvalue weighted by Crippen LogP contribution is 2.10. The lowest BCUT2D eigenvalue weighted by Crippen LogP contribution is -2.07. The van der Waals surface area contributed by atoms with Crippen LogP contribution >= 0.6 is 11.6 Å². The van der Waals surface area contributed by atoms with E-state index in [0.717, 1.165) is 11.3 Å². The van der Waals surface area contributed by atoms with E-state index in [9.17, 15) is 0 Å². The number of nitrogens with zero attached hydrogens (tertiary/aromatic N) is 4. The van der Waals surface area contributed by atoms with Gasteiger partial charge in [-0.2, -0.15) is 15.0 Å². The van der Waals surface area contributed by atoms with E-state index in [0.29, 0.717) is 18.4 Å². The molecule has 0 aliphatic carbocycles. The summed E-state index contributed by atoms with van der Waals surface area (Å²) in [6.45, 7) is 2.53. The number of nitrogens with one attached hydrogen (secondary N) is 2. The minimum atomic E-state index is 0.152. The lowest BCUT2D eigenvalue weighted by molar-refractivity contribution is 0.994. The van der Waals surface area contributed by atoms with Crippen molar-refractivity contribution in [2.24, 2.45) is 0 Å². The first-order chi connectivity index (χ1) is 8.67. The Morgan fingerprint density at radius 3 is 2.61 bits per heavy atom. The molecule has 0 aliphatic rings. The molecule has 2 rings (SSSR count). The summed E-state index contributed by atoms with van der Waals surface area (Å²) in [6, 6.07) is 3.95. The second-order valence-corrected chi connectivity index (χ2v) is 4.00. The fraction of sp³-hybridized carbons (Fsp3) is 0.273. The second-order valence-electron chi connectivity index (χ2n) is 3.66. The van der Waals surface area contributed by atoms with Gasteiger partial charge in [-0.05, 0) is 30.2 Å². The molecule has 0 spiro atoms. The smallest absolute Gasteiger partial charge is 0.229 e.